The smallest absolute Gasteiger partial charge is 0.318 e. The third-order valence-electron chi connectivity index (χ3n) is 2.42. The summed E-state index contributed by atoms with van der Waals surface area (Å²) in [5, 5.41) is 0. The molecule has 0 radical (unpaired) electrons. The number of ketones is 1. The van der Waals surface area contributed by atoms with Gasteiger partial charge in [-0.25, -0.2) is 0 Å². The lowest BCUT2D eigenvalue weighted by molar-refractivity contribution is -0.152. The Morgan fingerprint density at radius 2 is 1.69 bits per heavy atom. The van der Waals surface area contributed by atoms with Crippen LogP contribution in [0.4, 0.5) is 0 Å². The number of ether oxygens (including phenoxy) is 1. The molecule has 0 saturated carbocycles. The summed E-state index contributed by atoms with van der Waals surface area (Å²) in [5.41, 5.74) is 11.3. The molecule has 0 aliphatic rings. The first-order valence-electron chi connectivity index (χ1n) is 5.54. The fraction of sp³-hybridized carbons (Fsp3) is 0.818. The molecule has 0 aliphatic heterocycles. The van der Waals surface area contributed by atoms with Gasteiger partial charge in [-0.05, 0) is 19.8 Å². The van der Waals surface area contributed by atoms with Gasteiger partial charge in [0.2, 0.25) is 0 Å². The van der Waals surface area contributed by atoms with E-state index in [-0.39, 0.29) is 18.3 Å². The van der Waals surface area contributed by atoms with Crippen LogP contribution in [0.5, 0.6) is 0 Å². The molecule has 0 aromatic heterocycles. The average Bonchev–Trinajstić information content (AvgIpc) is 2.16. The zero-order valence-corrected chi connectivity index (χ0v) is 10.4. The fourth-order valence-corrected chi connectivity index (χ4v) is 1.36. The molecule has 0 rings (SSSR count). The Bertz CT molecular complexity index is 252. The van der Waals surface area contributed by atoms with Gasteiger partial charge in [-0.1, -0.05) is 13.8 Å². The van der Waals surface area contributed by atoms with Crippen LogP contribution < -0.4 is 11.5 Å². The number of hydrogen-bond acceptors (Lipinski definition) is 5. The summed E-state index contributed by atoms with van der Waals surface area (Å²) in [6.07, 6.45) is 0. The van der Waals surface area contributed by atoms with Crippen LogP contribution in [0, 0.1) is 11.8 Å². The van der Waals surface area contributed by atoms with Crippen molar-refractivity contribution in [1.29, 1.82) is 0 Å². The van der Waals surface area contributed by atoms with Crippen molar-refractivity contribution in [2.45, 2.75) is 39.8 Å². The Balaban J connectivity index is 4.79. The van der Waals surface area contributed by atoms with Gasteiger partial charge in [0.05, 0.1) is 12.6 Å². The van der Waals surface area contributed by atoms with Crippen molar-refractivity contribution >= 4 is 11.8 Å². The second-order valence-electron chi connectivity index (χ2n) is 4.26. The van der Waals surface area contributed by atoms with Crippen LogP contribution >= 0.6 is 0 Å². The van der Waals surface area contributed by atoms with Gasteiger partial charge in [0.1, 0.15) is 5.92 Å². The summed E-state index contributed by atoms with van der Waals surface area (Å²) in [7, 11) is 0. The van der Waals surface area contributed by atoms with Gasteiger partial charge >= 0.3 is 5.97 Å². The normalized spacial score (nSPS) is 16.7. The Labute approximate surface area is 96.5 Å². The van der Waals surface area contributed by atoms with Crippen molar-refractivity contribution < 1.29 is 14.3 Å². The molecular formula is C11H22N2O3. The highest BCUT2D eigenvalue weighted by atomic mass is 16.5. The lowest BCUT2D eigenvalue weighted by Gasteiger charge is -2.23. The Hall–Kier alpha value is -0.940. The lowest BCUT2D eigenvalue weighted by atomic mass is 9.88. The maximum atomic E-state index is 11.9. The van der Waals surface area contributed by atoms with Crippen LogP contribution in [0.2, 0.25) is 0 Å². The summed E-state index contributed by atoms with van der Waals surface area (Å²) in [4.78, 5) is 23.5. The summed E-state index contributed by atoms with van der Waals surface area (Å²) in [5.74, 6) is -1.91. The molecule has 0 aromatic rings. The van der Waals surface area contributed by atoms with Crippen LogP contribution in [0.3, 0.4) is 0 Å². The first-order valence-corrected chi connectivity index (χ1v) is 5.54. The van der Waals surface area contributed by atoms with Crippen molar-refractivity contribution in [2.24, 2.45) is 23.3 Å². The first-order chi connectivity index (χ1) is 7.32. The summed E-state index contributed by atoms with van der Waals surface area (Å²) in [6, 6.07) is -1.27. The van der Waals surface area contributed by atoms with E-state index < -0.39 is 24.0 Å². The highest BCUT2D eigenvalue weighted by Crippen LogP contribution is 2.12. The van der Waals surface area contributed by atoms with E-state index in [4.69, 9.17) is 16.2 Å². The van der Waals surface area contributed by atoms with Gasteiger partial charge in [0.15, 0.2) is 5.78 Å². The lowest BCUT2D eigenvalue weighted by Crippen LogP contribution is -2.49. The molecular weight excluding hydrogens is 208 g/mol. The van der Waals surface area contributed by atoms with Crippen LogP contribution in [-0.2, 0) is 14.3 Å². The number of carbonyl (C=O) groups excluding carboxylic acids is 2. The van der Waals surface area contributed by atoms with Gasteiger partial charge < -0.3 is 16.2 Å². The first kappa shape index (κ1) is 15.1. The molecule has 0 saturated heterocycles. The van der Waals surface area contributed by atoms with Crippen LogP contribution in [0.1, 0.15) is 27.7 Å². The Morgan fingerprint density at radius 1 is 1.19 bits per heavy atom. The van der Waals surface area contributed by atoms with Crippen molar-refractivity contribution in [3.05, 3.63) is 0 Å². The van der Waals surface area contributed by atoms with E-state index in [1.165, 1.54) is 0 Å². The molecule has 16 heavy (non-hydrogen) atoms. The van der Waals surface area contributed by atoms with Crippen molar-refractivity contribution in [3.63, 3.8) is 0 Å². The average molecular weight is 230 g/mol. The number of nitrogens with two attached hydrogens (primary N) is 2. The maximum Gasteiger partial charge on any atom is 0.318 e. The van der Waals surface area contributed by atoms with Crippen LogP contribution in [0.15, 0.2) is 0 Å². The number of hydrogen-bond donors (Lipinski definition) is 2. The molecule has 94 valence electrons. The van der Waals surface area contributed by atoms with E-state index in [2.05, 4.69) is 0 Å². The summed E-state index contributed by atoms with van der Waals surface area (Å²) >= 11 is 0. The third-order valence-corrected chi connectivity index (χ3v) is 2.42. The SMILES string of the molecule is CCOC(=O)C(C(=O)[C@@H](N)C(C)C)C(C)N. The molecule has 0 fully saturated rings. The van der Waals surface area contributed by atoms with Gasteiger partial charge in [-0.2, -0.15) is 0 Å². The molecule has 5 heteroatoms. The number of Topliss-reactive ketones (excluding diaryl/α,β-unsaturated/α-hetero) is 1. The van der Waals surface area contributed by atoms with E-state index in [1.807, 2.05) is 13.8 Å². The van der Waals surface area contributed by atoms with E-state index in [0.29, 0.717) is 0 Å². The van der Waals surface area contributed by atoms with Crippen molar-refractivity contribution in [3.8, 4) is 0 Å². The maximum absolute atomic E-state index is 11.9. The number of carbonyl (C=O) groups is 2. The molecule has 0 bridgehead atoms. The zero-order valence-electron chi connectivity index (χ0n) is 10.4. The molecule has 0 spiro atoms. The van der Waals surface area contributed by atoms with Crippen molar-refractivity contribution in [2.75, 3.05) is 6.61 Å². The largest absolute Gasteiger partial charge is 0.465 e. The topological polar surface area (TPSA) is 95.4 Å². The van der Waals surface area contributed by atoms with Crippen molar-refractivity contribution in [1.82, 2.24) is 0 Å². The highest BCUT2D eigenvalue weighted by molar-refractivity contribution is 6.02. The fourth-order valence-electron chi connectivity index (χ4n) is 1.36. The molecule has 0 aliphatic carbocycles. The minimum Gasteiger partial charge on any atom is -0.465 e. The summed E-state index contributed by atoms with van der Waals surface area (Å²) in [6.45, 7) is 7.17. The van der Waals surface area contributed by atoms with Gasteiger partial charge in [0.25, 0.3) is 0 Å². The van der Waals surface area contributed by atoms with E-state index in [1.54, 1.807) is 13.8 Å². The molecule has 0 amide bonds. The van der Waals surface area contributed by atoms with E-state index in [9.17, 15) is 9.59 Å². The molecule has 2 unspecified atom stereocenters. The molecule has 0 aromatic carbocycles. The molecule has 0 heterocycles. The molecule has 3 atom stereocenters. The monoisotopic (exact) mass is 230 g/mol. The standard InChI is InChI=1S/C11H22N2O3/c1-5-16-11(15)8(7(4)12)10(14)9(13)6(2)3/h6-9H,5,12-13H2,1-4H3/t7?,8?,9-/m0/s1. The number of rotatable bonds is 6. The molecule has 4 N–H and O–H groups in total. The van der Waals surface area contributed by atoms with E-state index in [0.717, 1.165) is 0 Å². The second-order valence-corrected chi connectivity index (χ2v) is 4.26. The Morgan fingerprint density at radius 3 is 2.00 bits per heavy atom. The minimum absolute atomic E-state index is 0.0248. The quantitative estimate of drug-likeness (QED) is 0.497. The Kier molecular flexibility index (Phi) is 6.21. The third kappa shape index (κ3) is 3.90. The van der Waals surface area contributed by atoms with Gasteiger partial charge in [0, 0.05) is 6.04 Å². The van der Waals surface area contributed by atoms with Gasteiger partial charge in [-0.3, -0.25) is 9.59 Å². The highest BCUT2D eigenvalue weighted by Gasteiger charge is 2.35. The molecule has 5 nitrogen and oxygen atoms in total. The summed E-state index contributed by atoms with van der Waals surface area (Å²) < 4.78 is 4.82. The predicted octanol–water partition coefficient (Wildman–Crippen LogP) is 0.0653. The zero-order chi connectivity index (χ0) is 12.9. The predicted molar refractivity (Wildman–Crippen MR) is 61.6 cm³/mol. The van der Waals surface area contributed by atoms with Crippen LogP contribution in [-0.4, -0.2) is 30.4 Å². The van der Waals surface area contributed by atoms with Gasteiger partial charge in [-0.15, -0.1) is 0 Å². The van der Waals surface area contributed by atoms with Crippen LogP contribution in [0.25, 0.3) is 0 Å². The second kappa shape index (κ2) is 6.60. The minimum atomic E-state index is -0.961. The van der Waals surface area contributed by atoms with E-state index >= 15 is 0 Å². The number of esters is 1.